The van der Waals surface area contributed by atoms with Crippen molar-refractivity contribution in [1.82, 2.24) is 5.32 Å². The van der Waals surface area contributed by atoms with Crippen molar-refractivity contribution in [3.05, 3.63) is 63.7 Å². The van der Waals surface area contributed by atoms with E-state index in [2.05, 4.69) is 5.32 Å². The molecule has 1 aliphatic heterocycles. The van der Waals surface area contributed by atoms with E-state index in [0.717, 1.165) is 5.56 Å². The number of para-hydroxylation sites is 1. The smallest absolute Gasteiger partial charge is 0.273 e. The minimum Gasteiger partial charge on any atom is -0.497 e. The van der Waals surface area contributed by atoms with Gasteiger partial charge in [0.2, 0.25) is 5.91 Å². The van der Waals surface area contributed by atoms with Crippen LogP contribution in [-0.4, -0.2) is 23.5 Å². The number of nitro groups is 1. The van der Waals surface area contributed by atoms with Crippen molar-refractivity contribution in [1.29, 1.82) is 0 Å². The van der Waals surface area contributed by atoms with Gasteiger partial charge in [0.05, 0.1) is 24.5 Å². The van der Waals surface area contributed by atoms with Gasteiger partial charge in [-0.25, -0.2) is 0 Å². The predicted octanol–water partition coefficient (Wildman–Crippen LogP) is 3.56. The summed E-state index contributed by atoms with van der Waals surface area (Å²) < 4.78 is 11.3. The second-order valence-electron chi connectivity index (χ2n) is 7.15. The van der Waals surface area contributed by atoms with Crippen LogP contribution in [0.15, 0.2) is 42.5 Å². The second-order valence-corrected chi connectivity index (χ2v) is 7.15. The van der Waals surface area contributed by atoms with Gasteiger partial charge in [0.15, 0.2) is 0 Å². The number of carbonyl (C=O) groups excluding carboxylic acids is 1. The predicted molar refractivity (Wildman–Crippen MR) is 100 cm³/mol. The molecule has 0 saturated heterocycles. The molecule has 1 amide bonds. The summed E-state index contributed by atoms with van der Waals surface area (Å²) in [5, 5.41) is 14.1. The van der Waals surface area contributed by atoms with Gasteiger partial charge in [-0.1, -0.05) is 18.2 Å². The number of hydrogen-bond donors (Lipinski definition) is 1. The number of nitrogens with zero attached hydrogens (tertiary/aromatic N) is 1. The summed E-state index contributed by atoms with van der Waals surface area (Å²) in [6, 6.07) is 11.5. The zero-order valence-electron chi connectivity index (χ0n) is 15.5. The lowest BCUT2D eigenvalue weighted by Crippen LogP contribution is -2.41. The highest BCUT2D eigenvalue weighted by Gasteiger charge is 2.35. The summed E-state index contributed by atoms with van der Waals surface area (Å²) in [6.07, 6.45) is 0.537. The SMILES string of the molecule is COc1ccc2c(c1)OC(C)(C)C[C@H]2NC(=O)Cc1ccccc1[N+](=O)[O-]. The summed E-state index contributed by atoms with van der Waals surface area (Å²) >= 11 is 0. The molecule has 3 rings (SSSR count). The molecule has 142 valence electrons. The van der Waals surface area contributed by atoms with Gasteiger partial charge in [-0.05, 0) is 26.0 Å². The van der Waals surface area contributed by atoms with Crippen LogP contribution < -0.4 is 14.8 Å². The molecule has 0 saturated carbocycles. The van der Waals surface area contributed by atoms with Crippen LogP contribution in [0.5, 0.6) is 11.5 Å². The number of nitrogens with one attached hydrogen (secondary N) is 1. The Morgan fingerprint density at radius 1 is 1.33 bits per heavy atom. The van der Waals surface area contributed by atoms with Gasteiger partial charge >= 0.3 is 0 Å². The fourth-order valence-corrected chi connectivity index (χ4v) is 3.34. The number of carbonyl (C=O) groups is 1. The third-order valence-electron chi connectivity index (χ3n) is 4.55. The van der Waals surface area contributed by atoms with Crippen molar-refractivity contribution in [2.75, 3.05) is 7.11 Å². The summed E-state index contributed by atoms with van der Waals surface area (Å²) in [5.41, 5.74) is 0.744. The highest BCUT2D eigenvalue weighted by Crippen LogP contribution is 2.41. The van der Waals surface area contributed by atoms with Gasteiger partial charge in [0.1, 0.15) is 17.1 Å². The molecule has 0 aromatic heterocycles. The third kappa shape index (κ3) is 4.19. The Morgan fingerprint density at radius 2 is 2.07 bits per heavy atom. The topological polar surface area (TPSA) is 90.7 Å². The van der Waals surface area contributed by atoms with Crippen molar-refractivity contribution in [2.45, 2.75) is 38.3 Å². The van der Waals surface area contributed by atoms with Crippen LogP contribution in [0, 0.1) is 10.1 Å². The number of ether oxygens (including phenoxy) is 2. The fraction of sp³-hybridized carbons (Fsp3) is 0.350. The number of hydrogen-bond acceptors (Lipinski definition) is 5. The average molecular weight is 370 g/mol. The van der Waals surface area contributed by atoms with E-state index in [1.165, 1.54) is 6.07 Å². The van der Waals surface area contributed by atoms with Crippen LogP contribution in [0.4, 0.5) is 5.69 Å². The largest absolute Gasteiger partial charge is 0.497 e. The van der Waals surface area contributed by atoms with Crippen molar-refractivity contribution >= 4 is 11.6 Å². The summed E-state index contributed by atoms with van der Waals surface area (Å²) in [7, 11) is 1.59. The number of amides is 1. The summed E-state index contributed by atoms with van der Waals surface area (Å²) in [6.45, 7) is 3.91. The number of methoxy groups -OCH3 is 1. The van der Waals surface area contributed by atoms with Gasteiger partial charge in [-0.3, -0.25) is 14.9 Å². The minimum absolute atomic E-state index is 0.0508. The molecule has 1 aliphatic rings. The van der Waals surface area contributed by atoms with E-state index in [1.54, 1.807) is 31.4 Å². The van der Waals surface area contributed by atoms with E-state index < -0.39 is 10.5 Å². The molecular formula is C20H22N2O5. The first-order chi connectivity index (χ1) is 12.8. The van der Waals surface area contributed by atoms with Crippen LogP contribution >= 0.6 is 0 Å². The van der Waals surface area contributed by atoms with Gasteiger partial charge in [-0.15, -0.1) is 0 Å². The van der Waals surface area contributed by atoms with E-state index in [0.29, 0.717) is 23.5 Å². The molecular weight excluding hydrogens is 348 g/mol. The highest BCUT2D eigenvalue weighted by molar-refractivity contribution is 5.80. The molecule has 0 fully saturated rings. The maximum atomic E-state index is 12.6. The van der Waals surface area contributed by atoms with Gasteiger partial charge in [-0.2, -0.15) is 0 Å². The molecule has 0 radical (unpaired) electrons. The fourth-order valence-electron chi connectivity index (χ4n) is 3.34. The zero-order valence-corrected chi connectivity index (χ0v) is 15.5. The van der Waals surface area contributed by atoms with Gasteiger partial charge in [0.25, 0.3) is 5.69 Å². The number of nitro benzene ring substituents is 1. The van der Waals surface area contributed by atoms with Crippen LogP contribution in [0.1, 0.15) is 37.4 Å². The maximum absolute atomic E-state index is 12.6. The first-order valence-electron chi connectivity index (χ1n) is 8.68. The van der Waals surface area contributed by atoms with E-state index in [1.807, 2.05) is 26.0 Å². The van der Waals surface area contributed by atoms with Gasteiger partial charge in [0, 0.05) is 29.7 Å². The number of rotatable bonds is 5. The van der Waals surface area contributed by atoms with Crippen LogP contribution in [0.3, 0.4) is 0 Å². The molecule has 2 aromatic rings. The molecule has 0 unspecified atom stereocenters. The highest BCUT2D eigenvalue weighted by atomic mass is 16.6. The molecule has 0 bridgehead atoms. The van der Waals surface area contributed by atoms with E-state index in [-0.39, 0.29) is 24.1 Å². The lowest BCUT2D eigenvalue weighted by Gasteiger charge is -2.38. The standard InChI is InChI=1S/C20H22N2O5/c1-20(2)12-16(15-9-8-14(26-3)11-18(15)27-20)21-19(23)10-13-6-4-5-7-17(13)22(24)25/h4-9,11,16H,10,12H2,1-3H3,(H,21,23)/t16-/m1/s1. The second kappa shape index (κ2) is 7.26. The Kier molecular flexibility index (Phi) is 5.03. The molecule has 1 N–H and O–H groups in total. The lowest BCUT2D eigenvalue weighted by molar-refractivity contribution is -0.385. The van der Waals surface area contributed by atoms with E-state index in [9.17, 15) is 14.9 Å². The van der Waals surface area contributed by atoms with Crippen LogP contribution in [0.2, 0.25) is 0 Å². The van der Waals surface area contributed by atoms with Crippen molar-refractivity contribution in [3.63, 3.8) is 0 Å². The number of benzene rings is 2. The minimum atomic E-state index is -0.470. The Bertz CT molecular complexity index is 878. The van der Waals surface area contributed by atoms with Crippen LogP contribution in [0.25, 0.3) is 0 Å². The Balaban J connectivity index is 1.81. The van der Waals surface area contributed by atoms with E-state index in [4.69, 9.17) is 9.47 Å². The molecule has 7 heteroatoms. The molecule has 1 atom stereocenters. The third-order valence-corrected chi connectivity index (χ3v) is 4.55. The van der Waals surface area contributed by atoms with Crippen molar-refractivity contribution in [3.8, 4) is 11.5 Å². The first-order valence-corrected chi connectivity index (χ1v) is 8.68. The van der Waals surface area contributed by atoms with Crippen LogP contribution in [-0.2, 0) is 11.2 Å². The number of fused-ring (bicyclic) bond motifs is 1. The van der Waals surface area contributed by atoms with Gasteiger partial charge < -0.3 is 14.8 Å². The quantitative estimate of drug-likeness (QED) is 0.642. The molecule has 0 spiro atoms. The zero-order chi connectivity index (χ0) is 19.6. The normalized spacial score (nSPS) is 17.4. The summed E-state index contributed by atoms with van der Waals surface area (Å²) in [5.74, 6) is 1.08. The average Bonchev–Trinajstić information content (AvgIpc) is 2.60. The first kappa shape index (κ1) is 18.7. The maximum Gasteiger partial charge on any atom is 0.273 e. The Morgan fingerprint density at radius 3 is 2.78 bits per heavy atom. The lowest BCUT2D eigenvalue weighted by atomic mass is 9.89. The van der Waals surface area contributed by atoms with E-state index >= 15 is 0 Å². The summed E-state index contributed by atoms with van der Waals surface area (Å²) in [4.78, 5) is 23.3. The molecule has 2 aromatic carbocycles. The molecule has 7 nitrogen and oxygen atoms in total. The Labute approximate surface area is 157 Å². The Hall–Kier alpha value is -3.09. The van der Waals surface area contributed by atoms with Crippen molar-refractivity contribution < 1.29 is 19.2 Å². The van der Waals surface area contributed by atoms with Crippen molar-refractivity contribution in [2.24, 2.45) is 0 Å². The molecule has 0 aliphatic carbocycles. The molecule has 1 heterocycles. The molecule has 27 heavy (non-hydrogen) atoms. The monoisotopic (exact) mass is 370 g/mol.